The second-order valence-corrected chi connectivity index (χ2v) is 4.12. The van der Waals surface area contributed by atoms with Gasteiger partial charge in [-0.25, -0.2) is 8.78 Å². The summed E-state index contributed by atoms with van der Waals surface area (Å²) < 4.78 is 31.4. The largest absolute Gasteiger partial charge is 0.375 e. The molecule has 18 heavy (non-hydrogen) atoms. The van der Waals surface area contributed by atoms with Crippen molar-refractivity contribution >= 4 is 11.6 Å². The van der Waals surface area contributed by atoms with Crippen LogP contribution in [0.4, 0.5) is 14.5 Å². The van der Waals surface area contributed by atoms with Crippen molar-refractivity contribution in [1.29, 1.82) is 0 Å². The summed E-state index contributed by atoms with van der Waals surface area (Å²) in [6, 6.07) is 2.47. The number of benzene rings is 1. The van der Waals surface area contributed by atoms with Gasteiger partial charge in [0.2, 0.25) is 5.91 Å². The lowest BCUT2D eigenvalue weighted by molar-refractivity contribution is -0.123. The lowest BCUT2D eigenvalue weighted by atomic mass is 10.1. The van der Waals surface area contributed by atoms with E-state index in [1.165, 1.54) is 6.07 Å². The molecule has 0 aliphatic carbocycles. The molecule has 1 aliphatic rings. The maximum atomic E-state index is 13.4. The van der Waals surface area contributed by atoms with Crippen LogP contribution in [0.15, 0.2) is 18.2 Å². The Balaban J connectivity index is 2.06. The van der Waals surface area contributed by atoms with E-state index in [0.29, 0.717) is 13.2 Å². The first-order chi connectivity index (χ1) is 8.58. The average Bonchev–Trinajstić information content (AvgIpc) is 2.33. The molecule has 1 fully saturated rings. The highest BCUT2D eigenvalue weighted by Gasteiger charge is 2.28. The van der Waals surface area contributed by atoms with E-state index < -0.39 is 23.6 Å². The molecule has 6 heteroatoms. The quantitative estimate of drug-likeness (QED) is 0.838. The van der Waals surface area contributed by atoms with E-state index in [1.54, 1.807) is 6.92 Å². The summed E-state index contributed by atoms with van der Waals surface area (Å²) in [5.74, 6) is -1.88. The molecule has 1 heterocycles. The number of ether oxygens (including phenoxy) is 1. The summed E-state index contributed by atoms with van der Waals surface area (Å²) in [7, 11) is 0. The van der Waals surface area contributed by atoms with E-state index in [1.807, 2.05) is 0 Å². The fraction of sp³-hybridized carbons (Fsp3) is 0.417. The van der Waals surface area contributed by atoms with Gasteiger partial charge in [0.1, 0.15) is 17.7 Å². The predicted octanol–water partition coefficient (Wildman–Crippen LogP) is 1.28. The maximum absolute atomic E-state index is 13.4. The van der Waals surface area contributed by atoms with Gasteiger partial charge in [0, 0.05) is 12.6 Å². The molecule has 4 nitrogen and oxygen atoms in total. The average molecular weight is 256 g/mol. The first kappa shape index (κ1) is 12.9. The summed E-state index contributed by atoms with van der Waals surface area (Å²) >= 11 is 0. The van der Waals surface area contributed by atoms with Crippen molar-refractivity contribution < 1.29 is 18.3 Å². The third-order valence-electron chi connectivity index (χ3n) is 2.79. The van der Waals surface area contributed by atoms with Crippen LogP contribution in [0.1, 0.15) is 6.92 Å². The van der Waals surface area contributed by atoms with Crippen LogP contribution in [0.2, 0.25) is 0 Å². The molecule has 2 atom stereocenters. The zero-order valence-corrected chi connectivity index (χ0v) is 9.87. The number of halogens is 2. The molecular weight excluding hydrogens is 242 g/mol. The van der Waals surface area contributed by atoms with Crippen molar-refractivity contribution in [3.8, 4) is 0 Å². The fourth-order valence-corrected chi connectivity index (χ4v) is 1.83. The monoisotopic (exact) mass is 256 g/mol. The van der Waals surface area contributed by atoms with Crippen molar-refractivity contribution in [3.63, 3.8) is 0 Å². The van der Waals surface area contributed by atoms with Crippen molar-refractivity contribution in [1.82, 2.24) is 5.32 Å². The van der Waals surface area contributed by atoms with Crippen LogP contribution in [0.3, 0.4) is 0 Å². The Labute approximate surface area is 103 Å². The molecule has 1 amide bonds. The molecule has 1 saturated heterocycles. The Hall–Kier alpha value is -1.53. The molecule has 2 N–H and O–H groups in total. The van der Waals surface area contributed by atoms with Crippen LogP contribution < -0.4 is 10.6 Å². The van der Waals surface area contributed by atoms with Crippen LogP contribution in [0.5, 0.6) is 0 Å². The summed E-state index contributed by atoms with van der Waals surface area (Å²) in [4.78, 5) is 11.9. The Morgan fingerprint density at radius 3 is 2.94 bits per heavy atom. The van der Waals surface area contributed by atoms with Crippen molar-refractivity contribution in [3.05, 3.63) is 29.8 Å². The highest BCUT2D eigenvalue weighted by molar-refractivity contribution is 5.95. The highest BCUT2D eigenvalue weighted by atomic mass is 19.1. The summed E-state index contributed by atoms with van der Waals surface area (Å²) in [6.45, 7) is 2.86. The number of hydrogen-bond donors (Lipinski definition) is 2. The minimum atomic E-state index is -0.798. The van der Waals surface area contributed by atoms with Gasteiger partial charge in [-0.15, -0.1) is 0 Å². The molecule has 0 bridgehead atoms. The normalized spacial score (nSPS) is 23.7. The Bertz CT molecular complexity index is 454. The topological polar surface area (TPSA) is 50.4 Å². The van der Waals surface area contributed by atoms with Gasteiger partial charge in [-0.2, -0.15) is 0 Å². The molecule has 98 valence electrons. The standard InChI is InChI=1S/C12H14F2N2O2/c1-7-11(15-4-5-18-7)12(17)16-10-3-2-8(13)6-9(10)14/h2-3,6-7,11,15H,4-5H2,1H3,(H,16,17)/t7-,11+/m1/s1. The fourth-order valence-electron chi connectivity index (χ4n) is 1.83. The Morgan fingerprint density at radius 1 is 1.50 bits per heavy atom. The van der Waals surface area contributed by atoms with E-state index in [0.717, 1.165) is 12.1 Å². The van der Waals surface area contributed by atoms with Gasteiger partial charge >= 0.3 is 0 Å². The third-order valence-corrected chi connectivity index (χ3v) is 2.79. The van der Waals surface area contributed by atoms with Crippen LogP contribution in [-0.2, 0) is 9.53 Å². The van der Waals surface area contributed by atoms with Gasteiger partial charge in [0.25, 0.3) is 0 Å². The van der Waals surface area contributed by atoms with Crippen molar-refractivity contribution in [2.45, 2.75) is 19.1 Å². The SMILES string of the molecule is C[C@H]1OCCN[C@@H]1C(=O)Nc1ccc(F)cc1F. The first-order valence-electron chi connectivity index (χ1n) is 5.69. The molecule has 0 saturated carbocycles. The molecule has 0 spiro atoms. The second-order valence-electron chi connectivity index (χ2n) is 4.12. The van der Waals surface area contributed by atoms with Gasteiger partial charge in [0.15, 0.2) is 0 Å². The van der Waals surface area contributed by atoms with Gasteiger partial charge in [0.05, 0.1) is 18.4 Å². The molecule has 2 rings (SSSR count). The van der Waals surface area contributed by atoms with Gasteiger partial charge in [-0.05, 0) is 19.1 Å². The molecule has 1 aromatic carbocycles. The predicted molar refractivity (Wildman–Crippen MR) is 62.2 cm³/mol. The van der Waals surface area contributed by atoms with Gasteiger partial charge in [-0.3, -0.25) is 4.79 Å². The van der Waals surface area contributed by atoms with E-state index in [9.17, 15) is 13.6 Å². The highest BCUT2D eigenvalue weighted by Crippen LogP contribution is 2.16. The molecule has 0 aromatic heterocycles. The molecular formula is C12H14F2N2O2. The zero-order chi connectivity index (χ0) is 13.1. The van der Waals surface area contributed by atoms with Crippen LogP contribution >= 0.6 is 0 Å². The van der Waals surface area contributed by atoms with Crippen LogP contribution in [-0.4, -0.2) is 31.2 Å². The summed E-state index contributed by atoms with van der Waals surface area (Å²) in [5.41, 5.74) is -0.0408. The number of anilines is 1. The van der Waals surface area contributed by atoms with Crippen LogP contribution in [0.25, 0.3) is 0 Å². The van der Waals surface area contributed by atoms with Crippen molar-refractivity contribution in [2.24, 2.45) is 0 Å². The number of amides is 1. The summed E-state index contributed by atoms with van der Waals surface area (Å²) in [6.07, 6.45) is -0.290. The van der Waals surface area contributed by atoms with E-state index in [-0.39, 0.29) is 11.8 Å². The van der Waals surface area contributed by atoms with E-state index in [2.05, 4.69) is 10.6 Å². The Morgan fingerprint density at radius 2 is 2.28 bits per heavy atom. The zero-order valence-electron chi connectivity index (χ0n) is 9.87. The number of hydrogen-bond acceptors (Lipinski definition) is 3. The first-order valence-corrected chi connectivity index (χ1v) is 5.69. The number of carbonyl (C=O) groups excluding carboxylic acids is 1. The van der Waals surface area contributed by atoms with Gasteiger partial charge in [-0.1, -0.05) is 0 Å². The molecule has 0 unspecified atom stereocenters. The van der Waals surface area contributed by atoms with E-state index in [4.69, 9.17) is 4.74 Å². The van der Waals surface area contributed by atoms with Crippen molar-refractivity contribution in [2.75, 3.05) is 18.5 Å². The number of carbonyl (C=O) groups is 1. The molecule has 1 aliphatic heterocycles. The maximum Gasteiger partial charge on any atom is 0.244 e. The smallest absolute Gasteiger partial charge is 0.244 e. The minimum absolute atomic E-state index is 0.0408. The number of nitrogens with one attached hydrogen (secondary N) is 2. The lowest BCUT2D eigenvalue weighted by Crippen LogP contribution is -2.53. The second kappa shape index (κ2) is 5.41. The number of rotatable bonds is 2. The van der Waals surface area contributed by atoms with Gasteiger partial charge < -0.3 is 15.4 Å². The molecule has 0 radical (unpaired) electrons. The van der Waals surface area contributed by atoms with E-state index >= 15 is 0 Å². The Kier molecular flexibility index (Phi) is 3.88. The third kappa shape index (κ3) is 2.83. The lowest BCUT2D eigenvalue weighted by Gasteiger charge is -2.29. The number of morpholine rings is 1. The minimum Gasteiger partial charge on any atom is -0.375 e. The van der Waals surface area contributed by atoms with Crippen LogP contribution in [0, 0.1) is 11.6 Å². The summed E-state index contributed by atoms with van der Waals surface area (Å²) in [5, 5.41) is 5.40. The molecule has 1 aromatic rings.